The predicted molar refractivity (Wildman–Crippen MR) is 153 cm³/mol. The molecule has 1 heterocycles. The third-order valence-corrected chi connectivity index (χ3v) is 7.08. The molecule has 0 saturated heterocycles. The van der Waals surface area contributed by atoms with Crippen LogP contribution in [0.3, 0.4) is 0 Å². The second-order valence-electron chi connectivity index (χ2n) is 9.39. The SMILES string of the molecule is N#C/C(=C\c1ccc(O)cc1)C1(c2nc3ccccc3n2-c2ccccc2)C=CC(c2ccccc2)=CC1. The second-order valence-corrected chi connectivity index (χ2v) is 9.39. The molecule has 0 saturated carbocycles. The Hall–Kier alpha value is -5.14. The van der Waals surface area contributed by atoms with Gasteiger partial charge in [-0.2, -0.15) is 5.26 Å². The highest BCUT2D eigenvalue weighted by molar-refractivity contribution is 5.81. The molecule has 1 N–H and O–H groups in total. The lowest BCUT2D eigenvalue weighted by molar-refractivity contribution is 0.475. The maximum Gasteiger partial charge on any atom is 0.130 e. The normalized spacial score (nSPS) is 17.2. The van der Waals surface area contributed by atoms with E-state index in [1.807, 2.05) is 72.8 Å². The maximum atomic E-state index is 10.6. The summed E-state index contributed by atoms with van der Waals surface area (Å²) >= 11 is 0. The minimum absolute atomic E-state index is 0.189. The van der Waals surface area contributed by atoms with Crippen molar-refractivity contribution >= 4 is 22.7 Å². The summed E-state index contributed by atoms with van der Waals surface area (Å²) < 4.78 is 2.17. The number of hydrogen-bond donors (Lipinski definition) is 1. The fraction of sp³-hybridized carbons (Fsp3) is 0.0588. The Bertz CT molecular complexity index is 1740. The zero-order chi connectivity index (χ0) is 26.0. The molecule has 0 amide bonds. The molecule has 1 aromatic heterocycles. The number of benzene rings is 4. The van der Waals surface area contributed by atoms with Crippen molar-refractivity contribution in [2.45, 2.75) is 11.8 Å². The van der Waals surface area contributed by atoms with Crippen LogP contribution in [0.4, 0.5) is 0 Å². The first-order valence-electron chi connectivity index (χ1n) is 12.6. The molecular formula is C34H25N3O. The van der Waals surface area contributed by atoms with Gasteiger partial charge in [0.2, 0.25) is 0 Å². The summed E-state index contributed by atoms with van der Waals surface area (Å²) in [5.41, 5.74) is 5.71. The van der Waals surface area contributed by atoms with E-state index in [0.29, 0.717) is 12.0 Å². The summed E-state index contributed by atoms with van der Waals surface area (Å²) in [6.07, 6.45) is 8.91. The van der Waals surface area contributed by atoms with Gasteiger partial charge in [0.15, 0.2) is 0 Å². The molecule has 38 heavy (non-hydrogen) atoms. The van der Waals surface area contributed by atoms with Crippen molar-refractivity contribution in [2.24, 2.45) is 0 Å². The molecule has 0 radical (unpaired) electrons. The number of aromatic nitrogens is 2. The number of hydrogen-bond acceptors (Lipinski definition) is 3. The molecule has 0 aliphatic heterocycles. The molecule has 4 aromatic carbocycles. The van der Waals surface area contributed by atoms with Crippen molar-refractivity contribution < 1.29 is 5.11 Å². The monoisotopic (exact) mass is 491 g/mol. The Morgan fingerprint density at radius 3 is 2.24 bits per heavy atom. The Morgan fingerprint density at radius 1 is 0.868 bits per heavy atom. The molecular weight excluding hydrogens is 466 g/mol. The highest BCUT2D eigenvalue weighted by Crippen LogP contribution is 2.44. The third-order valence-electron chi connectivity index (χ3n) is 7.08. The number of para-hydroxylation sites is 3. The quantitative estimate of drug-likeness (QED) is 0.257. The summed E-state index contributed by atoms with van der Waals surface area (Å²) in [7, 11) is 0. The van der Waals surface area contributed by atoms with E-state index < -0.39 is 5.41 Å². The highest BCUT2D eigenvalue weighted by atomic mass is 16.3. The molecule has 1 aliphatic carbocycles. The van der Waals surface area contributed by atoms with Gasteiger partial charge in [-0.25, -0.2) is 4.98 Å². The number of phenolic OH excluding ortho intramolecular Hbond substituents is 1. The van der Waals surface area contributed by atoms with Crippen LogP contribution in [0.25, 0.3) is 28.4 Å². The Labute approximate surface area is 221 Å². The second kappa shape index (κ2) is 9.72. The van der Waals surface area contributed by atoms with Gasteiger partial charge in [-0.1, -0.05) is 91.0 Å². The van der Waals surface area contributed by atoms with E-state index in [-0.39, 0.29) is 5.75 Å². The molecule has 6 rings (SSSR count). The van der Waals surface area contributed by atoms with Crippen molar-refractivity contribution in [1.82, 2.24) is 9.55 Å². The van der Waals surface area contributed by atoms with E-state index >= 15 is 0 Å². The first-order chi connectivity index (χ1) is 18.7. The zero-order valence-electron chi connectivity index (χ0n) is 20.7. The molecule has 0 fully saturated rings. The van der Waals surface area contributed by atoms with Crippen molar-refractivity contribution in [1.29, 1.82) is 5.26 Å². The number of imidazole rings is 1. The van der Waals surface area contributed by atoms with Gasteiger partial charge in [0.1, 0.15) is 11.6 Å². The summed E-state index contributed by atoms with van der Waals surface area (Å²) in [5, 5.41) is 20.4. The van der Waals surface area contributed by atoms with Gasteiger partial charge < -0.3 is 5.11 Å². The summed E-state index contributed by atoms with van der Waals surface area (Å²) in [5.74, 6) is 0.977. The van der Waals surface area contributed by atoms with Crippen LogP contribution in [0.1, 0.15) is 23.4 Å². The third kappa shape index (κ3) is 4.11. The van der Waals surface area contributed by atoms with Crippen LogP contribution in [0, 0.1) is 11.3 Å². The molecule has 182 valence electrons. The topological polar surface area (TPSA) is 61.8 Å². The first kappa shape index (κ1) is 23.3. The van der Waals surface area contributed by atoms with Gasteiger partial charge >= 0.3 is 0 Å². The minimum Gasteiger partial charge on any atom is -0.508 e. The van der Waals surface area contributed by atoms with Crippen LogP contribution in [-0.4, -0.2) is 14.7 Å². The number of aromatic hydroxyl groups is 1. The number of allylic oxidation sites excluding steroid dienone is 5. The average molecular weight is 492 g/mol. The molecule has 1 unspecified atom stereocenters. The lowest BCUT2D eigenvalue weighted by Crippen LogP contribution is -2.31. The number of nitrogens with zero attached hydrogens (tertiary/aromatic N) is 3. The van der Waals surface area contributed by atoms with Crippen LogP contribution in [0.15, 0.2) is 133 Å². The lowest BCUT2D eigenvalue weighted by atomic mass is 9.72. The Kier molecular flexibility index (Phi) is 5.95. The standard InChI is InChI=1S/C34H25N3O/c35-24-28(23-25-15-17-30(38)18-16-25)34(21-19-27(20-22-34)26-9-3-1-4-10-26)33-36-31-13-7-8-14-32(31)37(33)29-11-5-2-6-12-29/h1-21,23,38H,22H2/b28-23+. The lowest BCUT2D eigenvalue weighted by Gasteiger charge is -2.32. The van der Waals surface area contributed by atoms with Crippen LogP contribution < -0.4 is 0 Å². The van der Waals surface area contributed by atoms with Gasteiger partial charge in [0, 0.05) is 11.3 Å². The van der Waals surface area contributed by atoms with Crippen molar-refractivity contribution in [2.75, 3.05) is 0 Å². The number of fused-ring (bicyclic) bond motifs is 1. The summed E-state index contributed by atoms with van der Waals surface area (Å²) in [6.45, 7) is 0. The number of nitriles is 1. The average Bonchev–Trinajstić information content (AvgIpc) is 3.38. The molecule has 5 aromatic rings. The van der Waals surface area contributed by atoms with Crippen LogP contribution in [0.2, 0.25) is 0 Å². The van der Waals surface area contributed by atoms with Crippen LogP contribution in [0.5, 0.6) is 5.75 Å². The molecule has 0 spiro atoms. The van der Waals surface area contributed by atoms with Gasteiger partial charge in [-0.3, -0.25) is 4.57 Å². The smallest absolute Gasteiger partial charge is 0.130 e. The molecule has 1 atom stereocenters. The largest absolute Gasteiger partial charge is 0.508 e. The van der Waals surface area contributed by atoms with E-state index in [2.05, 4.69) is 59.2 Å². The molecule has 0 bridgehead atoms. The fourth-order valence-electron chi connectivity index (χ4n) is 5.13. The van der Waals surface area contributed by atoms with Crippen molar-refractivity contribution in [3.05, 3.63) is 150 Å². The van der Waals surface area contributed by atoms with Gasteiger partial charge in [0.25, 0.3) is 0 Å². The number of rotatable bonds is 5. The Balaban J connectivity index is 1.60. The van der Waals surface area contributed by atoms with E-state index in [0.717, 1.165) is 39.2 Å². The first-order valence-corrected chi connectivity index (χ1v) is 12.6. The van der Waals surface area contributed by atoms with Gasteiger partial charge in [-0.15, -0.1) is 0 Å². The van der Waals surface area contributed by atoms with E-state index in [9.17, 15) is 10.4 Å². The van der Waals surface area contributed by atoms with E-state index in [4.69, 9.17) is 4.98 Å². The fourth-order valence-corrected chi connectivity index (χ4v) is 5.13. The van der Waals surface area contributed by atoms with Crippen molar-refractivity contribution in [3.63, 3.8) is 0 Å². The maximum absolute atomic E-state index is 10.6. The minimum atomic E-state index is -0.806. The summed E-state index contributed by atoms with van der Waals surface area (Å²) in [4.78, 5) is 5.16. The van der Waals surface area contributed by atoms with Crippen molar-refractivity contribution in [3.8, 4) is 17.5 Å². The summed E-state index contributed by atoms with van der Waals surface area (Å²) in [6, 6.07) is 38.0. The predicted octanol–water partition coefficient (Wildman–Crippen LogP) is 7.62. The van der Waals surface area contributed by atoms with Gasteiger partial charge in [0.05, 0.1) is 22.5 Å². The molecule has 1 aliphatic rings. The Morgan fingerprint density at radius 2 is 1.55 bits per heavy atom. The van der Waals surface area contributed by atoms with Gasteiger partial charge in [-0.05, 0) is 65.6 Å². The highest BCUT2D eigenvalue weighted by Gasteiger charge is 2.40. The van der Waals surface area contributed by atoms with E-state index in [1.165, 1.54) is 0 Å². The molecule has 4 nitrogen and oxygen atoms in total. The van der Waals surface area contributed by atoms with Crippen LogP contribution in [-0.2, 0) is 5.41 Å². The number of phenols is 1. The molecule has 4 heteroatoms. The van der Waals surface area contributed by atoms with E-state index in [1.54, 1.807) is 12.1 Å². The zero-order valence-corrected chi connectivity index (χ0v) is 20.7. The van der Waals surface area contributed by atoms with Crippen LogP contribution >= 0.6 is 0 Å².